The molecule has 1 saturated heterocycles. The molecule has 1 aliphatic rings. The van der Waals surface area contributed by atoms with E-state index in [9.17, 15) is 4.79 Å². The summed E-state index contributed by atoms with van der Waals surface area (Å²) in [5.74, 6) is 0.929. The van der Waals surface area contributed by atoms with Gasteiger partial charge in [0.05, 0.1) is 6.54 Å². The maximum Gasteiger partial charge on any atom is 0.236 e. The average Bonchev–Trinajstić information content (AvgIpc) is 2.65. The highest BCUT2D eigenvalue weighted by atomic mass is 16.2. The third-order valence-electron chi connectivity index (χ3n) is 4.66. The summed E-state index contributed by atoms with van der Waals surface area (Å²) in [4.78, 5) is 27.3. The second-order valence-electron chi connectivity index (χ2n) is 6.49. The van der Waals surface area contributed by atoms with Gasteiger partial charge in [0.15, 0.2) is 0 Å². The zero-order valence-corrected chi connectivity index (χ0v) is 14.9. The fourth-order valence-corrected chi connectivity index (χ4v) is 3.00. The molecule has 3 rings (SSSR count). The molecule has 1 fully saturated rings. The first-order valence-corrected chi connectivity index (χ1v) is 8.66. The quantitative estimate of drug-likeness (QED) is 0.828. The van der Waals surface area contributed by atoms with Gasteiger partial charge in [0, 0.05) is 52.2 Å². The number of nitrogens with zero attached hydrogens (tertiary/aromatic N) is 5. The predicted octanol–water partition coefficient (Wildman–Crippen LogP) is 1.57. The normalized spacial score (nSPS) is 15.2. The summed E-state index contributed by atoms with van der Waals surface area (Å²) in [6.07, 6.45) is 3.53. The molecule has 2 aromatic rings. The van der Waals surface area contributed by atoms with E-state index < -0.39 is 0 Å². The van der Waals surface area contributed by atoms with E-state index in [2.05, 4.69) is 38.8 Å². The average molecular weight is 339 g/mol. The zero-order valence-electron chi connectivity index (χ0n) is 14.9. The summed E-state index contributed by atoms with van der Waals surface area (Å²) < 4.78 is 0. The number of aromatic nitrogens is 2. The van der Waals surface area contributed by atoms with Crippen LogP contribution in [0.3, 0.4) is 0 Å². The molecule has 0 saturated carbocycles. The number of hydrogen-bond donors (Lipinski definition) is 0. The Kier molecular flexibility index (Phi) is 5.60. The zero-order chi connectivity index (χ0) is 17.6. The molecule has 0 N–H and O–H groups in total. The van der Waals surface area contributed by atoms with Gasteiger partial charge in [-0.15, -0.1) is 0 Å². The molecule has 0 aliphatic carbocycles. The van der Waals surface area contributed by atoms with Gasteiger partial charge < -0.3 is 9.80 Å². The summed E-state index contributed by atoms with van der Waals surface area (Å²) in [5, 5.41) is 0. The molecule has 1 aromatic heterocycles. The Morgan fingerprint density at radius 1 is 1.08 bits per heavy atom. The number of rotatable bonds is 5. The molecule has 0 unspecified atom stereocenters. The van der Waals surface area contributed by atoms with Crippen molar-refractivity contribution in [2.75, 3.05) is 44.7 Å². The minimum absolute atomic E-state index is 0.160. The highest BCUT2D eigenvalue weighted by Crippen LogP contribution is 2.12. The predicted molar refractivity (Wildman–Crippen MR) is 98.3 cm³/mol. The smallest absolute Gasteiger partial charge is 0.236 e. The lowest BCUT2D eigenvalue weighted by Crippen LogP contribution is -2.50. The lowest BCUT2D eigenvalue weighted by molar-refractivity contribution is -0.131. The Labute approximate surface area is 149 Å². The van der Waals surface area contributed by atoms with Crippen molar-refractivity contribution in [3.63, 3.8) is 0 Å². The van der Waals surface area contributed by atoms with Crippen LogP contribution in [0.4, 0.5) is 5.95 Å². The lowest BCUT2D eigenvalue weighted by atomic mass is 10.1. The van der Waals surface area contributed by atoms with E-state index in [0.717, 1.165) is 32.1 Å². The van der Waals surface area contributed by atoms with E-state index in [1.807, 2.05) is 30.1 Å². The van der Waals surface area contributed by atoms with Crippen LogP contribution in [-0.2, 0) is 11.3 Å². The van der Waals surface area contributed by atoms with Gasteiger partial charge in [-0.05, 0) is 24.1 Å². The van der Waals surface area contributed by atoms with Crippen molar-refractivity contribution < 1.29 is 4.79 Å². The number of amides is 1. The largest absolute Gasteiger partial charge is 0.340 e. The van der Waals surface area contributed by atoms with Gasteiger partial charge in [0.2, 0.25) is 11.9 Å². The molecule has 0 radical (unpaired) electrons. The number of anilines is 1. The van der Waals surface area contributed by atoms with Crippen LogP contribution in [0.25, 0.3) is 0 Å². The van der Waals surface area contributed by atoms with Gasteiger partial charge in [-0.1, -0.05) is 24.3 Å². The number of piperazine rings is 1. The van der Waals surface area contributed by atoms with Crippen molar-refractivity contribution >= 4 is 11.9 Å². The monoisotopic (exact) mass is 339 g/mol. The van der Waals surface area contributed by atoms with Crippen LogP contribution in [0.1, 0.15) is 11.1 Å². The molecule has 25 heavy (non-hydrogen) atoms. The molecule has 1 aromatic carbocycles. The molecule has 2 heterocycles. The molecule has 132 valence electrons. The highest BCUT2D eigenvalue weighted by Gasteiger charge is 2.21. The first-order chi connectivity index (χ1) is 12.1. The number of carbonyl (C=O) groups excluding carboxylic acids is 1. The molecular weight excluding hydrogens is 314 g/mol. The van der Waals surface area contributed by atoms with Crippen LogP contribution in [0.2, 0.25) is 0 Å². The van der Waals surface area contributed by atoms with Crippen LogP contribution in [0, 0.1) is 6.92 Å². The van der Waals surface area contributed by atoms with E-state index in [1.165, 1.54) is 11.1 Å². The van der Waals surface area contributed by atoms with Crippen LogP contribution < -0.4 is 4.90 Å². The van der Waals surface area contributed by atoms with Crippen molar-refractivity contribution in [3.8, 4) is 0 Å². The minimum Gasteiger partial charge on any atom is -0.340 e. The summed E-state index contributed by atoms with van der Waals surface area (Å²) >= 11 is 0. The van der Waals surface area contributed by atoms with Crippen LogP contribution in [0.15, 0.2) is 42.7 Å². The fourth-order valence-electron chi connectivity index (χ4n) is 3.00. The number of likely N-dealkylation sites (N-methyl/N-ethyl adjacent to an activating group) is 1. The van der Waals surface area contributed by atoms with Gasteiger partial charge in [-0.25, -0.2) is 9.97 Å². The standard InChI is InChI=1S/C19H25N5O/c1-16-6-3-4-7-17(16)14-22(2)18(25)15-23-10-12-24(13-11-23)19-20-8-5-9-21-19/h3-9H,10-15H2,1-2H3. The van der Waals surface area contributed by atoms with Crippen molar-refractivity contribution in [1.29, 1.82) is 0 Å². The first-order valence-electron chi connectivity index (χ1n) is 8.66. The summed E-state index contributed by atoms with van der Waals surface area (Å²) in [6, 6.07) is 10.0. The van der Waals surface area contributed by atoms with Gasteiger partial charge in [0.25, 0.3) is 0 Å². The third kappa shape index (κ3) is 4.54. The number of hydrogen-bond acceptors (Lipinski definition) is 5. The third-order valence-corrected chi connectivity index (χ3v) is 4.66. The number of aryl methyl sites for hydroxylation is 1. The maximum absolute atomic E-state index is 12.5. The number of benzene rings is 1. The van der Waals surface area contributed by atoms with Crippen LogP contribution >= 0.6 is 0 Å². The minimum atomic E-state index is 0.160. The van der Waals surface area contributed by atoms with E-state index in [0.29, 0.717) is 13.1 Å². The van der Waals surface area contributed by atoms with E-state index in [1.54, 1.807) is 12.4 Å². The summed E-state index contributed by atoms with van der Waals surface area (Å²) in [5.41, 5.74) is 2.42. The molecule has 6 nitrogen and oxygen atoms in total. The van der Waals surface area contributed by atoms with E-state index >= 15 is 0 Å². The number of carbonyl (C=O) groups is 1. The summed E-state index contributed by atoms with van der Waals surface area (Å²) in [6.45, 7) is 6.59. The van der Waals surface area contributed by atoms with Crippen LogP contribution in [-0.4, -0.2) is 65.4 Å². The van der Waals surface area contributed by atoms with E-state index in [-0.39, 0.29) is 5.91 Å². The van der Waals surface area contributed by atoms with Gasteiger partial charge in [-0.2, -0.15) is 0 Å². The Bertz CT molecular complexity index is 698. The Morgan fingerprint density at radius 2 is 1.76 bits per heavy atom. The van der Waals surface area contributed by atoms with Gasteiger partial charge >= 0.3 is 0 Å². The Balaban J connectivity index is 1.48. The highest BCUT2D eigenvalue weighted by molar-refractivity contribution is 5.78. The molecule has 6 heteroatoms. The molecule has 1 aliphatic heterocycles. The van der Waals surface area contributed by atoms with Crippen molar-refractivity contribution in [2.45, 2.75) is 13.5 Å². The molecule has 0 atom stereocenters. The topological polar surface area (TPSA) is 52.6 Å². The van der Waals surface area contributed by atoms with Crippen molar-refractivity contribution in [3.05, 3.63) is 53.9 Å². The second-order valence-corrected chi connectivity index (χ2v) is 6.49. The Hall–Kier alpha value is -2.47. The molecule has 0 spiro atoms. The summed E-state index contributed by atoms with van der Waals surface area (Å²) in [7, 11) is 1.88. The Morgan fingerprint density at radius 3 is 2.44 bits per heavy atom. The van der Waals surface area contributed by atoms with Gasteiger partial charge in [-0.3, -0.25) is 9.69 Å². The maximum atomic E-state index is 12.5. The SMILES string of the molecule is Cc1ccccc1CN(C)C(=O)CN1CCN(c2ncccn2)CC1. The lowest BCUT2D eigenvalue weighted by Gasteiger charge is -2.35. The molecular formula is C19H25N5O. The van der Waals surface area contributed by atoms with Crippen molar-refractivity contribution in [1.82, 2.24) is 19.8 Å². The van der Waals surface area contributed by atoms with Gasteiger partial charge in [0.1, 0.15) is 0 Å². The fraction of sp³-hybridized carbons (Fsp3) is 0.421. The van der Waals surface area contributed by atoms with Crippen LogP contribution in [0.5, 0.6) is 0 Å². The second kappa shape index (κ2) is 8.07. The van der Waals surface area contributed by atoms with Crippen molar-refractivity contribution in [2.24, 2.45) is 0 Å². The molecule has 0 bridgehead atoms. The first kappa shape index (κ1) is 17.4. The van der Waals surface area contributed by atoms with E-state index in [4.69, 9.17) is 0 Å². The molecule has 1 amide bonds.